The van der Waals surface area contributed by atoms with Crippen LogP contribution in [0, 0.1) is 0 Å². The van der Waals surface area contributed by atoms with E-state index in [4.69, 9.17) is 56.8 Å². The van der Waals surface area contributed by atoms with Gasteiger partial charge in [-0.25, -0.2) is 9.59 Å². The van der Waals surface area contributed by atoms with Gasteiger partial charge < -0.3 is 190 Å². The van der Waals surface area contributed by atoms with Crippen molar-refractivity contribution in [2.75, 3.05) is 52.9 Å². The van der Waals surface area contributed by atoms with E-state index in [9.17, 15) is 141 Å². The van der Waals surface area contributed by atoms with E-state index in [2.05, 4.69) is 47.3 Å². The number of unbranched alkanes of at least 4 members (excludes halogenated alkanes) is 30. The number of nitrogens with one attached hydrogen (secondary N) is 4. The highest BCUT2D eigenvalue weighted by Gasteiger charge is 2.64. The van der Waals surface area contributed by atoms with Gasteiger partial charge in [0.05, 0.1) is 82.7 Å². The third kappa shape index (κ3) is 36.7. The Morgan fingerprint density at radius 1 is 0.390 bits per heavy atom. The molecule has 0 bridgehead atoms. The number of amides is 4. The summed E-state index contributed by atoms with van der Waals surface area (Å²) >= 11 is 0. The van der Waals surface area contributed by atoms with Crippen molar-refractivity contribution in [3.8, 4) is 0 Å². The molecule has 0 spiro atoms. The Kier molecular flexibility index (Phi) is 55.7. The van der Waals surface area contributed by atoms with E-state index in [-0.39, 0.29) is 6.42 Å². The number of aliphatic carboxylic acids is 2. The van der Waals surface area contributed by atoms with Crippen LogP contribution in [0.4, 0.5) is 0 Å². The van der Waals surface area contributed by atoms with Crippen LogP contribution in [0.1, 0.15) is 259 Å². The monoisotopic (exact) mass is 1960 g/mol. The molecule has 44 nitrogen and oxygen atoms in total. The van der Waals surface area contributed by atoms with Gasteiger partial charge in [-0.1, -0.05) is 205 Å². The SMILES string of the molecule is CCCCCCCC/C=C\CCCCCCCCCCCCCCCC(=O)N[C@@H](CO[C@@H]1OC(CO)[C@@H](O[C@@H]2OC(CO)[C@H](O[C@@H]3OC(CO)[C@H](O)[C@H](O[C@@H]4OC(CO)[C@H](O)[C@H](O[C@]5(C(=O)O)CC(O)[C@@H](NC(=O)CO)C([C@H](O)[C@H](O)CO)O5)C4O)C3NC(C)=O)[C@H](O[C@]3(C(=O)O)CC(O)[C@@H](NC(C)=O)C([C@H](O)[C@H](O)CO)O3)C2O)[C@H](O)C1O)[C@H](O)/C=C/CCCCCCCCCCCCC. The van der Waals surface area contributed by atoms with Crippen LogP contribution in [0.5, 0.6) is 0 Å². The molecule has 0 saturated carbocycles. The number of rotatable bonds is 67. The normalized spacial score (nSPS) is 33.6. The number of ether oxygens (including phenoxy) is 12. The maximum atomic E-state index is 14.1. The topological polar surface area (TPSA) is 706 Å². The summed E-state index contributed by atoms with van der Waals surface area (Å²) in [5, 5.41) is 257. The fourth-order valence-corrected chi connectivity index (χ4v) is 18.0. The summed E-state index contributed by atoms with van der Waals surface area (Å²) in [7, 11) is 0. The van der Waals surface area contributed by atoms with Crippen molar-refractivity contribution >= 4 is 35.6 Å². The number of aliphatic hydroxyl groups is 20. The van der Waals surface area contributed by atoms with Crippen LogP contribution in [0.15, 0.2) is 24.3 Å². The number of carboxylic acids is 2. The van der Waals surface area contributed by atoms with Gasteiger partial charge in [0.15, 0.2) is 25.2 Å². The molecule has 0 aromatic rings. The first kappa shape index (κ1) is 120. The molecule has 136 heavy (non-hydrogen) atoms. The van der Waals surface area contributed by atoms with Crippen LogP contribution in [0.25, 0.3) is 0 Å². The van der Waals surface area contributed by atoms with E-state index in [1.54, 1.807) is 6.08 Å². The van der Waals surface area contributed by atoms with Gasteiger partial charge in [0.2, 0.25) is 23.6 Å². The zero-order valence-corrected chi connectivity index (χ0v) is 79.1. The predicted molar refractivity (Wildman–Crippen MR) is 478 cm³/mol. The lowest BCUT2D eigenvalue weighted by Gasteiger charge is -2.53. The molecule has 6 rings (SSSR count). The summed E-state index contributed by atoms with van der Waals surface area (Å²) in [6.07, 6.45) is -21.0. The third-order valence-corrected chi connectivity index (χ3v) is 25.8. The molecule has 0 aromatic carbocycles. The number of allylic oxidation sites excluding steroid dienone is 3. The number of hydrogen-bond acceptors (Lipinski definition) is 38. The van der Waals surface area contributed by atoms with Crippen LogP contribution in [-0.2, 0) is 85.6 Å². The lowest BCUT2D eigenvalue weighted by atomic mass is 9.88. The van der Waals surface area contributed by atoms with Gasteiger partial charge in [0.1, 0.15) is 141 Å². The fourth-order valence-electron chi connectivity index (χ4n) is 18.0. The number of carbonyl (C=O) groups is 6. The second-order valence-corrected chi connectivity index (χ2v) is 36.7. The van der Waals surface area contributed by atoms with Gasteiger partial charge in [0.25, 0.3) is 11.6 Å². The summed E-state index contributed by atoms with van der Waals surface area (Å²) in [6.45, 7) is -3.14. The summed E-state index contributed by atoms with van der Waals surface area (Å²) in [4.78, 5) is 79.9. The molecule has 6 heterocycles. The number of aliphatic hydroxyl groups excluding tert-OH is 20. The van der Waals surface area contributed by atoms with E-state index in [0.717, 1.165) is 84.5 Å². The summed E-state index contributed by atoms with van der Waals surface area (Å²) < 4.78 is 72.4. The highest BCUT2D eigenvalue weighted by atomic mass is 16.8. The summed E-state index contributed by atoms with van der Waals surface area (Å²) in [5.41, 5.74) is 0. The average molecular weight is 1960 g/mol. The Bertz CT molecular complexity index is 3420. The molecule has 4 amide bonds. The van der Waals surface area contributed by atoms with Gasteiger partial charge in [-0.05, 0) is 44.9 Å². The molecule has 26 N–H and O–H groups in total. The molecular formula is C92H162N4O40. The van der Waals surface area contributed by atoms with Gasteiger partial charge >= 0.3 is 11.9 Å². The third-order valence-electron chi connectivity index (χ3n) is 25.8. The molecular weight excluding hydrogens is 1800 g/mol. The zero-order valence-electron chi connectivity index (χ0n) is 79.1. The van der Waals surface area contributed by atoms with Gasteiger partial charge in [-0.15, -0.1) is 0 Å². The largest absolute Gasteiger partial charge is 0.477 e. The molecule has 34 atom stereocenters. The first-order valence-corrected chi connectivity index (χ1v) is 49.0. The molecule has 6 aliphatic heterocycles. The van der Waals surface area contributed by atoms with Crippen LogP contribution in [-0.4, -0.2) is 408 Å². The Labute approximate surface area is 795 Å². The summed E-state index contributed by atoms with van der Waals surface area (Å²) in [5.74, 6) is -15.0. The minimum Gasteiger partial charge on any atom is -0.477 e. The van der Waals surface area contributed by atoms with Crippen LogP contribution >= 0.6 is 0 Å². The highest BCUT2D eigenvalue weighted by Crippen LogP contribution is 2.43. The molecule has 6 saturated heterocycles. The molecule has 0 aliphatic carbocycles. The van der Waals surface area contributed by atoms with Crippen molar-refractivity contribution in [1.29, 1.82) is 0 Å². The predicted octanol–water partition coefficient (Wildman–Crippen LogP) is -2.00. The fraction of sp³-hybridized carbons (Fsp3) is 0.891. The van der Waals surface area contributed by atoms with E-state index >= 15 is 0 Å². The van der Waals surface area contributed by atoms with Gasteiger partial charge in [0, 0.05) is 33.1 Å². The molecule has 6 fully saturated rings. The van der Waals surface area contributed by atoms with E-state index in [1.165, 1.54) is 134 Å². The second-order valence-electron chi connectivity index (χ2n) is 36.7. The molecule has 0 aromatic heterocycles. The van der Waals surface area contributed by atoms with Crippen LogP contribution < -0.4 is 21.3 Å². The second kappa shape index (κ2) is 63.2. The number of carbonyl (C=O) groups excluding carboxylic acids is 4. The Morgan fingerprint density at radius 3 is 1.19 bits per heavy atom. The number of hydrogen-bond donors (Lipinski definition) is 26. The van der Waals surface area contributed by atoms with E-state index < -0.39 is 309 Å². The van der Waals surface area contributed by atoms with E-state index in [1.807, 2.05) is 0 Å². The van der Waals surface area contributed by atoms with Crippen molar-refractivity contribution in [3.63, 3.8) is 0 Å². The minimum atomic E-state index is -3.51. The molecule has 12 unspecified atom stereocenters. The minimum absolute atomic E-state index is 0.0886. The van der Waals surface area contributed by atoms with E-state index in [0.29, 0.717) is 12.8 Å². The van der Waals surface area contributed by atoms with Crippen molar-refractivity contribution in [1.82, 2.24) is 21.3 Å². The van der Waals surface area contributed by atoms with Crippen molar-refractivity contribution < 1.29 is 198 Å². The Hall–Kier alpha value is -4.98. The van der Waals surface area contributed by atoms with Crippen molar-refractivity contribution in [2.24, 2.45) is 0 Å². The summed E-state index contributed by atoms with van der Waals surface area (Å²) in [6, 6.07) is -7.14. The lowest BCUT2D eigenvalue weighted by Crippen LogP contribution is -2.72. The Morgan fingerprint density at radius 2 is 0.757 bits per heavy atom. The van der Waals surface area contributed by atoms with Crippen LogP contribution in [0.2, 0.25) is 0 Å². The maximum Gasteiger partial charge on any atom is 0.364 e. The highest BCUT2D eigenvalue weighted by molar-refractivity contribution is 5.79. The standard InChI is InChI=1S/C92H162N4O40/c1-5-7-9-11-13-15-17-19-20-21-22-23-24-25-26-27-28-30-32-34-36-38-40-42-65(111)95-55(56(106)41-39-37-35-33-31-29-18-16-14-12-10-8-6-2)52-125-86-75(118)74(117)78(63(49-101)128-86)130-88-77(120)84(136-92(90(123)124)43-57(107)67(93-53(3)104)81(133-92)70(113)59(109)45-97)79(64(50-102)129-88)131-85-69(94-54(4)105)80(72(115)61(47-99)126-85)132-87-76(119)83(73(116)62(48-100)127-87)135-91(89(121)122)44-58(108)68(96-66(112)51-103)82(134-91)71(114)60(110)46-98/h19-20,39,41,55-64,67-88,97-103,106-110,113-120H,5-18,21-38,40,42-52H2,1-4H3,(H,93,104)(H,94,105)(H,95,111)(H,96,112)(H,121,122)(H,123,124)/b20-19-,41-39+/t55-,56+,57?,58?,59+,60+,61?,62?,63?,64?,67+,68+,69?,70+,71+,72-,73-,74+,75?,76?,77?,78+,79-,80+,81?,82?,83-,84+,85-,86+,87-,88-,91-,92-/m0/s1. The van der Waals surface area contributed by atoms with Crippen molar-refractivity contribution in [2.45, 2.75) is 466 Å². The molecule has 790 valence electrons. The Balaban J connectivity index is 1.24. The first-order chi connectivity index (χ1) is 65.1. The van der Waals surface area contributed by atoms with Crippen molar-refractivity contribution in [3.05, 3.63) is 24.3 Å². The van der Waals surface area contributed by atoms with Crippen LogP contribution in [0.3, 0.4) is 0 Å². The maximum absolute atomic E-state index is 14.1. The molecule has 0 radical (unpaired) electrons. The smallest absolute Gasteiger partial charge is 0.364 e. The first-order valence-electron chi connectivity index (χ1n) is 49.0. The number of carboxylic acid groups (broad SMARTS) is 2. The zero-order chi connectivity index (χ0) is 100. The average Bonchev–Trinajstić information content (AvgIpc) is 0.744. The van der Waals surface area contributed by atoms with Gasteiger partial charge in [-0.2, -0.15) is 0 Å². The molecule has 44 heteroatoms. The molecule has 6 aliphatic rings. The lowest BCUT2D eigenvalue weighted by molar-refractivity contribution is -0.405. The van der Waals surface area contributed by atoms with Gasteiger partial charge in [-0.3, -0.25) is 19.2 Å². The quantitative estimate of drug-likeness (QED) is 0.0231.